The molecule has 102 valence electrons. The van der Waals surface area contributed by atoms with Crippen LogP contribution in [0.1, 0.15) is 0 Å². The van der Waals surface area contributed by atoms with E-state index in [9.17, 15) is 8.78 Å². The summed E-state index contributed by atoms with van der Waals surface area (Å²) in [4.78, 5) is 4.18. The van der Waals surface area contributed by atoms with E-state index in [2.05, 4.69) is 10.1 Å². The second-order valence-corrected chi connectivity index (χ2v) is 4.15. The standard InChI is InChI=1S/C14H11F2N3O/c15-13(16)8-20-12-6-2-1-4-10(12)11-5-3-7-19-14(11)17-9-18-19/h1-7,9,13H,8H2. The average Bonchev–Trinajstić information content (AvgIpc) is 2.93. The first-order valence-corrected chi connectivity index (χ1v) is 6.04. The lowest BCUT2D eigenvalue weighted by molar-refractivity contribution is 0.0822. The van der Waals surface area contributed by atoms with Gasteiger partial charge in [-0.3, -0.25) is 0 Å². The minimum Gasteiger partial charge on any atom is -0.487 e. The van der Waals surface area contributed by atoms with Gasteiger partial charge in [0.1, 0.15) is 18.7 Å². The second-order valence-electron chi connectivity index (χ2n) is 4.15. The van der Waals surface area contributed by atoms with Gasteiger partial charge >= 0.3 is 0 Å². The van der Waals surface area contributed by atoms with Crippen molar-refractivity contribution < 1.29 is 13.5 Å². The van der Waals surface area contributed by atoms with E-state index >= 15 is 0 Å². The Hall–Kier alpha value is -2.50. The summed E-state index contributed by atoms with van der Waals surface area (Å²) in [7, 11) is 0. The molecule has 0 aliphatic rings. The Morgan fingerprint density at radius 2 is 1.90 bits per heavy atom. The minimum absolute atomic E-state index is 0.406. The monoisotopic (exact) mass is 275 g/mol. The molecular weight excluding hydrogens is 264 g/mol. The zero-order valence-corrected chi connectivity index (χ0v) is 10.4. The Morgan fingerprint density at radius 3 is 2.75 bits per heavy atom. The number of benzene rings is 1. The summed E-state index contributed by atoms with van der Waals surface area (Å²) in [6.45, 7) is -0.632. The van der Waals surface area contributed by atoms with Crippen LogP contribution in [0.25, 0.3) is 16.8 Å². The molecule has 0 atom stereocenters. The predicted octanol–water partition coefficient (Wildman–Crippen LogP) is 3.04. The molecular formula is C14H11F2N3O. The van der Waals surface area contributed by atoms with Crippen molar-refractivity contribution in [1.82, 2.24) is 14.6 Å². The summed E-state index contributed by atoms with van der Waals surface area (Å²) >= 11 is 0. The van der Waals surface area contributed by atoms with Crippen molar-refractivity contribution in [3.8, 4) is 16.9 Å². The van der Waals surface area contributed by atoms with Crippen LogP contribution in [0.4, 0.5) is 8.78 Å². The molecule has 2 aromatic heterocycles. The van der Waals surface area contributed by atoms with Gasteiger partial charge in [-0.25, -0.2) is 18.3 Å². The number of hydrogen-bond donors (Lipinski definition) is 0. The number of fused-ring (bicyclic) bond motifs is 1. The predicted molar refractivity (Wildman–Crippen MR) is 69.9 cm³/mol. The van der Waals surface area contributed by atoms with Crippen LogP contribution in [0.2, 0.25) is 0 Å². The number of alkyl halides is 2. The molecule has 3 rings (SSSR count). The molecule has 0 radical (unpaired) electrons. The number of halogens is 2. The van der Waals surface area contributed by atoms with E-state index in [1.165, 1.54) is 6.33 Å². The first-order valence-electron chi connectivity index (χ1n) is 6.04. The second kappa shape index (κ2) is 5.24. The molecule has 6 heteroatoms. The van der Waals surface area contributed by atoms with Gasteiger partial charge in [-0.2, -0.15) is 5.10 Å². The van der Waals surface area contributed by atoms with Gasteiger partial charge in [-0.15, -0.1) is 0 Å². The van der Waals surface area contributed by atoms with Crippen LogP contribution in [0, 0.1) is 0 Å². The lowest BCUT2D eigenvalue weighted by Crippen LogP contribution is -2.07. The lowest BCUT2D eigenvalue weighted by Gasteiger charge is -2.11. The van der Waals surface area contributed by atoms with E-state index in [-0.39, 0.29) is 0 Å². The Bertz CT molecular complexity index is 727. The number of aromatic nitrogens is 3. The lowest BCUT2D eigenvalue weighted by atomic mass is 10.1. The van der Waals surface area contributed by atoms with Gasteiger partial charge in [-0.1, -0.05) is 18.2 Å². The highest BCUT2D eigenvalue weighted by Gasteiger charge is 2.12. The third-order valence-corrected chi connectivity index (χ3v) is 2.85. The fraction of sp³-hybridized carbons (Fsp3) is 0.143. The maximum absolute atomic E-state index is 12.3. The van der Waals surface area contributed by atoms with Gasteiger partial charge in [0, 0.05) is 17.3 Å². The van der Waals surface area contributed by atoms with Crippen LogP contribution < -0.4 is 4.74 Å². The molecule has 0 aliphatic heterocycles. The zero-order chi connectivity index (χ0) is 13.9. The van der Waals surface area contributed by atoms with Crippen LogP contribution in [-0.4, -0.2) is 27.6 Å². The summed E-state index contributed by atoms with van der Waals surface area (Å²) < 4.78 is 31.4. The van der Waals surface area contributed by atoms with Crippen LogP contribution in [0.3, 0.4) is 0 Å². The number of rotatable bonds is 4. The van der Waals surface area contributed by atoms with Gasteiger partial charge in [0.2, 0.25) is 0 Å². The van der Waals surface area contributed by atoms with Crippen molar-refractivity contribution in [3.63, 3.8) is 0 Å². The highest BCUT2D eigenvalue weighted by atomic mass is 19.3. The number of pyridine rings is 1. The molecule has 0 saturated heterocycles. The van der Waals surface area contributed by atoms with Gasteiger partial charge in [0.25, 0.3) is 6.43 Å². The van der Waals surface area contributed by atoms with Crippen molar-refractivity contribution in [2.45, 2.75) is 6.43 Å². The maximum atomic E-state index is 12.3. The number of para-hydroxylation sites is 1. The molecule has 0 bridgehead atoms. The van der Waals surface area contributed by atoms with Crippen LogP contribution >= 0.6 is 0 Å². The molecule has 1 aromatic carbocycles. The van der Waals surface area contributed by atoms with E-state index in [1.807, 2.05) is 24.3 Å². The summed E-state index contributed by atoms with van der Waals surface area (Å²) in [5, 5.41) is 4.05. The third kappa shape index (κ3) is 2.32. The number of hydrogen-bond acceptors (Lipinski definition) is 3. The quantitative estimate of drug-likeness (QED) is 0.734. The fourth-order valence-corrected chi connectivity index (χ4v) is 2.03. The highest BCUT2D eigenvalue weighted by Crippen LogP contribution is 2.32. The first-order chi connectivity index (χ1) is 9.75. The largest absolute Gasteiger partial charge is 0.487 e. The molecule has 0 aliphatic carbocycles. The molecule has 20 heavy (non-hydrogen) atoms. The Labute approximate surface area is 113 Å². The summed E-state index contributed by atoms with van der Waals surface area (Å²) in [6.07, 6.45) is 0.711. The Morgan fingerprint density at radius 1 is 1.10 bits per heavy atom. The summed E-state index contributed by atoms with van der Waals surface area (Å²) in [5.74, 6) is 0.406. The van der Waals surface area contributed by atoms with Crippen molar-refractivity contribution in [2.75, 3.05) is 6.61 Å². The molecule has 3 aromatic rings. The third-order valence-electron chi connectivity index (χ3n) is 2.85. The van der Waals surface area contributed by atoms with E-state index in [0.29, 0.717) is 17.0 Å². The first kappa shape index (κ1) is 12.5. The number of nitrogens with zero attached hydrogens (tertiary/aromatic N) is 3. The van der Waals surface area contributed by atoms with Crippen LogP contribution in [0.5, 0.6) is 5.75 Å². The average molecular weight is 275 g/mol. The molecule has 0 fully saturated rings. The fourth-order valence-electron chi connectivity index (χ4n) is 2.03. The van der Waals surface area contributed by atoms with Crippen LogP contribution in [-0.2, 0) is 0 Å². The molecule has 4 nitrogen and oxygen atoms in total. The smallest absolute Gasteiger partial charge is 0.272 e. The summed E-state index contributed by atoms with van der Waals surface area (Å²) in [5.41, 5.74) is 2.15. The molecule has 0 unspecified atom stereocenters. The van der Waals surface area contributed by atoms with Gasteiger partial charge < -0.3 is 4.74 Å². The topological polar surface area (TPSA) is 39.4 Å². The minimum atomic E-state index is -2.51. The zero-order valence-electron chi connectivity index (χ0n) is 10.4. The van der Waals surface area contributed by atoms with Gasteiger partial charge in [0.05, 0.1) is 0 Å². The molecule has 2 heterocycles. The normalized spacial score (nSPS) is 11.2. The van der Waals surface area contributed by atoms with E-state index < -0.39 is 13.0 Å². The van der Waals surface area contributed by atoms with Crippen molar-refractivity contribution in [2.24, 2.45) is 0 Å². The van der Waals surface area contributed by atoms with E-state index in [4.69, 9.17) is 4.74 Å². The Balaban J connectivity index is 2.07. The number of ether oxygens (including phenoxy) is 1. The maximum Gasteiger partial charge on any atom is 0.272 e. The molecule has 0 saturated carbocycles. The highest BCUT2D eigenvalue weighted by molar-refractivity contribution is 5.81. The van der Waals surface area contributed by atoms with Gasteiger partial charge in [-0.05, 0) is 18.2 Å². The molecule has 0 N–H and O–H groups in total. The summed E-state index contributed by atoms with van der Waals surface area (Å²) in [6, 6.07) is 10.7. The van der Waals surface area contributed by atoms with E-state index in [0.717, 1.165) is 5.56 Å². The van der Waals surface area contributed by atoms with Crippen molar-refractivity contribution in [3.05, 3.63) is 48.9 Å². The van der Waals surface area contributed by atoms with Crippen molar-refractivity contribution >= 4 is 5.65 Å². The molecule has 0 amide bonds. The van der Waals surface area contributed by atoms with Gasteiger partial charge in [0.15, 0.2) is 5.65 Å². The molecule has 0 spiro atoms. The van der Waals surface area contributed by atoms with Crippen LogP contribution in [0.15, 0.2) is 48.9 Å². The van der Waals surface area contributed by atoms with E-state index in [1.54, 1.807) is 22.8 Å². The van der Waals surface area contributed by atoms with Crippen molar-refractivity contribution in [1.29, 1.82) is 0 Å². The SMILES string of the molecule is FC(F)COc1ccccc1-c1cccn2ncnc12. The Kier molecular flexibility index (Phi) is 3.28.